The van der Waals surface area contributed by atoms with Gasteiger partial charge in [-0.25, -0.2) is 4.79 Å². The Labute approximate surface area is 141 Å². The second-order valence-corrected chi connectivity index (χ2v) is 5.90. The molecule has 7 nitrogen and oxygen atoms in total. The Balaban J connectivity index is 1.81. The summed E-state index contributed by atoms with van der Waals surface area (Å²) in [6.07, 6.45) is 0. The number of hydrogen-bond acceptors (Lipinski definition) is 5. The summed E-state index contributed by atoms with van der Waals surface area (Å²) in [5, 5.41) is 0. The van der Waals surface area contributed by atoms with Crippen LogP contribution in [-0.2, 0) is 14.3 Å². The largest absolute Gasteiger partial charge is 0.452 e. The Bertz CT molecular complexity index is 605. The summed E-state index contributed by atoms with van der Waals surface area (Å²) in [5.74, 6) is -0.748. The van der Waals surface area contributed by atoms with Crippen molar-refractivity contribution in [2.24, 2.45) is 0 Å². The topological polar surface area (TPSA) is 70.2 Å². The van der Waals surface area contributed by atoms with Crippen molar-refractivity contribution >= 4 is 23.5 Å². The average Bonchev–Trinajstić information content (AvgIpc) is 2.59. The maximum Gasteiger partial charge on any atom is 0.338 e. The number of carbonyl (C=O) groups is 3. The number of piperazine rings is 1. The molecule has 24 heavy (non-hydrogen) atoms. The molecule has 1 aromatic rings. The van der Waals surface area contributed by atoms with E-state index in [1.54, 1.807) is 21.9 Å². The molecule has 2 amide bonds. The first kappa shape index (κ1) is 17.8. The Kier molecular flexibility index (Phi) is 5.78. The van der Waals surface area contributed by atoms with Crippen molar-refractivity contribution in [2.45, 2.75) is 6.92 Å². The summed E-state index contributed by atoms with van der Waals surface area (Å²) in [6.45, 7) is 3.19. The Morgan fingerprint density at radius 2 is 1.54 bits per heavy atom. The third-order valence-electron chi connectivity index (χ3n) is 4.02. The SMILES string of the molecule is CC(=O)N1CCN(C(=O)COC(=O)c2ccc(N(C)C)cc2)CC1. The Morgan fingerprint density at radius 3 is 2.04 bits per heavy atom. The van der Waals surface area contributed by atoms with Gasteiger partial charge in [0.15, 0.2) is 6.61 Å². The minimum Gasteiger partial charge on any atom is -0.452 e. The quantitative estimate of drug-likeness (QED) is 0.755. The predicted octanol–water partition coefficient (Wildman–Crippen LogP) is 0.600. The number of carbonyl (C=O) groups excluding carboxylic acids is 3. The number of ether oxygens (including phenoxy) is 1. The van der Waals surface area contributed by atoms with Crippen LogP contribution in [0.1, 0.15) is 17.3 Å². The lowest BCUT2D eigenvalue weighted by molar-refractivity contribution is -0.140. The van der Waals surface area contributed by atoms with E-state index in [0.717, 1.165) is 5.69 Å². The summed E-state index contributed by atoms with van der Waals surface area (Å²) in [5.41, 5.74) is 1.39. The first-order valence-electron chi connectivity index (χ1n) is 7.86. The molecule has 0 radical (unpaired) electrons. The number of anilines is 1. The zero-order chi connectivity index (χ0) is 17.7. The summed E-state index contributed by atoms with van der Waals surface area (Å²) in [4.78, 5) is 40.6. The zero-order valence-corrected chi connectivity index (χ0v) is 14.3. The van der Waals surface area contributed by atoms with Crippen molar-refractivity contribution in [2.75, 3.05) is 51.8 Å². The monoisotopic (exact) mass is 333 g/mol. The van der Waals surface area contributed by atoms with E-state index in [4.69, 9.17) is 4.74 Å². The lowest BCUT2D eigenvalue weighted by Crippen LogP contribution is -2.51. The van der Waals surface area contributed by atoms with Crippen LogP contribution in [-0.4, -0.2) is 74.5 Å². The van der Waals surface area contributed by atoms with Gasteiger partial charge in [-0.2, -0.15) is 0 Å². The number of nitrogens with zero attached hydrogens (tertiary/aromatic N) is 3. The van der Waals surface area contributed by atoms with Crippen LogP contribution in [0.5, 0.6) is 0 Å². The molecule has 130 valence electrons. The molecule has 1 aromatic carbocycles. The fraction of sp³-hybridized carbons (Fsp3) is 0.471. The summed E-state index contributed by atoms with van der Waals surface area (Å²) in [7, 11) is 3.83. The van der Waals surface area contributed by atoms with Gasteiger partial charge in [0.05, 0.1) is 5.56 Å². The first-order chi connectivity index (χ1) is 11.4. The van der Waals surface area contributed by atoms with E-state index in [1.807, 2.05) is 31.1 Å². The second-order valence-electron chi connectivity index (χ2n) is 5.90. The lowest BCUT2D eigenvalue weighted by Gasteiger charge is -2.34. The molecule has 1 fully saturated rings. The molecule has 0 aromatic heterocycles. The molecule has 0 bridgehead atoms. The van der Waals surface area contributed by atoms with Crippen LogP contribution >= 0.6 is 0 Å². The third-order valence-corrected chi connectivity index (χ3v) is 4.02. The van der Waals surface area contributed by atoms with E-state index in [-0.39, 0.29) is 18.4 Å². The van der Waals surface area contributed by atoms with Gasteiger partial charge in [-0.05, 0) is 24.3 Å². The zero-order valence-electron chi connectivity index (χ0n) is 14.3. The molecule has 0 spiro atoms. The average molecular weight is 333 g/mol. The maximum atomic E-state index is 12.1. The molecule has 1 heterocycles. The van der Waals surface area contributed by atoms with Crippen LogP contribution < -0.4 is 4.90 Å². The third kappa shape index (κ3) is 4.47. The highest BCUT2D eigenvalue weighted by atomic mass is 16.5. The van der Waals surface area contributed by atoms with Crippen LogP contribution in [0.2, 0.25) is 0 Å². The molecule has 1 aliphatic rings. The predicted molar refractivity (Wildman–Crippen MR) is 89.9 cm³/mol. The van der Waals surface area contributed by atoms with Crippen molar-refractivity contribution in [3.63, 3.8) is 0 Å². The fourth-order valence-electron chi connectivity index (χ4n) is 2.47. The van der Waals surface area contributed by atoms with E-state index in [2.05, 4.69) is 0 Å². The minimum atomic E-state index is -0.518. The molecule has 7 heteroatoms. The second kappa shape index (κ2) is 7.81. The number of amides is 2. The number of rotatable bonds is 4. The number of benzene rings is 1. The van der Waals surface area contributed by atoms with Gasteiger partial charge in [0.25, 0.3) is 5.91 Å². The van der Waals surface area contributed by atoms with E-state index < -0.39 is 5.97 Å². The van der Waals surface area contributed by atoms with Gasteiger partial charge in [-0.1, -0.05) is 0 Å². The van der Waals surface area contributed by atoms with Crippen molar-refractivity contribution in [1.82, 2.24) is 9.80 Å². The lowest BCUT2D eigenvalue weighted by atomic mass is 10.2. The highest BCUT2D eigenvalue weighted by molar-refractivity contribution is 5.91. The summed E-state index contributed by atoms with van der Waals surface area (Å²) in [6, 6.07) is 6.99. The van der Waals surface area contributed by atoms with Crippen LogP contribution in [0.3, 0.4) is 0 Å². The Hall–Kier alpha value is -2.57. The normalized spacial score (nSPS) is 14.3. The van der Waals surface area contributed by atoms with E-state index in [0.29, 0.717) is 31.7 Å². The van der Waals surface area contributed by atoms with E-state index in [1.165, 1.54) is 6.92 Å². The van der Waals surface area contributed by atoms with E-state index >= 15 is 0 Å². The van der Waals surface area contributed by atoms with E-state index in [9.17, 15) is 14.4 Å². The van der Waals surface area contributed by atoms with Crippen LogP contribution in [0.4, 0.5) is 5.69 Å². The molecule has 0 saturated carbocycles. The van der Waals surface area contributed by atoms with Crippen molar-refractivity contribution < 1.29 is 19.1 Å². The molecule has 0 N–H and O–H groups in total. The molecule has 0 atom stereocenters. The van der Waals surface area contributed by atoms with Crippen molar-refractivity contribution in [3.05, 3.63) is 29.8 Å². The summed E-state index contributed by atoms with van der Waals surface area (Å²) >= 11 is 0. The molecule has 2 rings (SSSR count). The van der Waals surface area contributed by atoms with Gasteiger partial charge in [-0.15, -0.1) is 0 Å². The Morgan fingerprint density at radius 1 is 1.00 bits per heavy atom. The number of hydrogen-bond donors (Lipinski definition) is 0. The molecular formula is C17H23N3O4. The molecule has 0 unspecified atom stereocenters. The van der Waals surface area contributed by atoms with Gasteiger partial charge in [-0.3, -0.25) is 9.59 Å². The van der Waals surface area contributed by atoms with Gasteiger partial charge in [0.1, 0.15) is 0 Å². The van der Waals surface area contributed by atoms with Crippen LogP contribution in [0.25, 0.3) is 0 Å². The maximum absolute atomic E-state index is 12.1. The van der Waals surface area contributed by atoms with Crippen LogP contribution in [0.15, 0.2) is 24.3 Å². The first-order valence-corrected chi connectivity index (χ1v) is 7.86. The smallest absolute Gasteiger partial charge is 0.338 e. The van der Waals surface area contributed by atoms with Gasteiger partial charge < -0.3 is 19.4 Å². The van der Waals surface area contributed by atoms with Crippen molar-refractivity contribution in [3.8, 4) is 0 Å². The standard InChI is InChI=1S/C17H23N3O4/c1-13(21)19-8-10-20(11-9-19)16(22)12-24-17(23)14-4-6-15(7-5-14)18(2)3/h4-7H,8-12H2,1-3H3. The summed E-state index contributed by atoms with van der Waals surface area (Å²) < 4.78 is 5.09. The highest BCUT2D eigenvalue weighted by Gasteiger charge is 2.23. The van der Waals surface area contributed by atoms with Gasteiger partial charge in [0, 0.05) is 52.9 Å². The van der Waals surface area contributed by atoms with Crippen molar-refractivity contribution in [1.29, 1.82) is 0 Å². The van der Waals surface area contributed by atoms with Gasteiger partial charge >= 0.3 is 5.97 Å². The molecule has 1 aliphatic heterocycles. The molecule has 1 saturated heterocycles. The van der Waals surface area contributed by atoms with Crippen LogP contribution in [0, 0.1) is 0 Å². The number of esters is 1. The van der Waals surface area contributed by atoms with Gasteiger partial charge in [0.2, 0.25) is 5.91 Å². The highest BCUT2D eigenvalue weighted by Crippen LogP contribution is 2.13. The molecular weight excluding hydrogens is 310 g/mol. The fourth-order valence-corrected chi connectivity index (χ4v) is 2.47. The molecule has 0 aliphatic carbocycles. The minimum absolute atomic E-state index is 0.00898.